The molecule has 0 fully saturated rings. The van der Waals surface area contributed by atoms with Crippen molar-refractivity contribution in [2.75, 3.05) is 11.3 Å². The average Bonchev–Trinajstić information content (AvgIpc) is 3.49. The zero-order chi connectivity index (χ0) is 29.0. The molecular formula is C23H24F3N5O7S. The number of imidazole rings is 2. The lowest BCUT2D eigenvalue weighted by molar-refractivity contribution is -0.192. The number of hydrogen-bond donors (Lipinski definition) is 3. The zero-order valence-corrected chi connectivity index (χ0v) is 21.6. The number of halogens is 3. The molecule has 0 amide bonds. The van der Waals surface area contributed by atoms with E-state index in [0.717, 1.165) is 6.42 Å². The second-order valence-corrected chi connectivity index (χ2v) is 9.64. The second kappa shape index (κ2) is 11.5. The first kappa shape index (κ1) is 29.1. The van der Waals surface area contributed by atoms with Gasteiger partial charge >= 0.3 is 17.8 Å². The predicted molar refractivity (Wildman–Crippen MR) is 134 cm³/mol. The first-order valence-electron chi connectivity index (χ1n) is 11.2. The lowest BCUT2D eigenvalue weighted by atomic mass is 10.2. The molecule has 0 aliphatic carbocycles. The maximum atomic E-state index is 12.8. The van der Waals surface area contributed by atoms with E-state index in [1.807, 2.05) is 13.0 Å². The molecule has 0 saturated carbocycles. The highest BCUT2D eigenvalue weighted by atomic mass is 32.2. The number of carboxylic acid groups (broad SMARTS) is 1. The summed E-state index contributed by atoms with van der Waals surface area (Å²) in [6.07, 6.45) is -1.74. The molecule has 0 spiro atoms. The Bertz CT molecular complexity index is 1630. The van der Waals surface area contributed by atoms with Crippen LogP contribution in [0.4, 0.5) is 18.9 Å². The lowest BCUT2D eigenvalue weighted by Crippen LogP contribution is -2.21. The molecule has 0 radical (unpaired) electrons. The van der Waals surface area contributed by atoms with E-state index in [-0.39, 0.29) is 22.2 Å². The third kappa shape index (κ3) is 6.90. The Morgan fingerprint density at radius 1 is 1.13 bits per heavy atom. The Kier molecular flexibility index (Phi) is 8.58. The number of hydrogen-bond acceptors (Lipinski definition) is 7. The highest BCUT2D eigenvalue weighted by molar-refractivity contribution is 7.92. The number of carboxylic acids is 1. The molecule has 0 aliphatic rings. The Hall–Kier alpha value is -4.47. The minimum Gasteiger partial charge on any atom is -0.493 e. The van der Waals surface area contributed by atoms with Gasteiger partial charge in [0.25, 0.3) is 10.0 Å². The quantitative estimate of drug-likeness (QED) is 0.289. The molecule has 0 atom stereocenters. The van der Waals surface area contributed by atoms with Gasteiger partial charge in [0.15, 0.2) is 10.8 Å². The maximum Gasteiger partial charge on any atom is 0.490 e. The molecule has 0 aliphatic heterocycles. The topological polar surface area (TPSA) is 158 Å². The van der Waals surface area contributed by atoms with Gasteiger partial charge in [-0.2, -0.15) is 21.6 Å². The van der Waals surface area contributed by atoms with Crippen molar-refractivity contribution in [3.63, 3.8) is 0 Å². The number of benzene rings is 2. The smallest absolute Gasteiger partial charge is 0.490 e. The number of ether oxygens (including phenoxy) is 2. The van der Waals surface area contributed by atoms with Crippen molar-refractivity contribution in [1.29, 1.82) is 0 Å². The summed E-state index contributed by atoms with van der Waals surface area (Å²) in [5.74, 6) is -1.43. The van der Waals surface area contributed by atoms with Crippen molar-refractivity contribution in [1.82, 2.24) is 19.1 Å². The molecule has 2 aromatic heterocycles. The average molecular weight is 572 g/mol. The number of alkyl halides is 3. The normalized spacial score (nSPS) is 11.5. The van der Waals surface area contributed by atoms with Gasteiger partial charge in [-0.25, -0.2) is 14.6 Å². The van der Waals surface area contributed by atoms with Gasteiger partial charge in [-0.15, -0.1) is 0 Å². The summed E-state index contributed by atoms with van der Waals surface area (Å²) in [4.78, 5) is 27.6. The third-order valence-corrected chi connectivity index (χ3v) is 6.42. The highest BCUT2D eigenvalue weighted by Crippen LogP contribution is 2.35. The number of sulfonamides is 1. The number of rotatable bonds is 8. The summed E-state index contributed by atoms with van der Waals surface area (Å²) in [6.45, 7) is 2.58. The molecule has 210 valence electrons. The monoisotopic (exact) mass is 571 g/mol. The van der Waals surface area contributed by atoms with Crippen LogP contribution in [0.1, 0.15) is 13.3 Å². The van der Waals surface area contributed by atoms with Crippen LogP contribution >= 0.6 is 0 Å². The number of aliphatic carboxylic acids is 1. The van der Waals surface area contributed by atoms with E-state index in [1.165, 1.54) is 21.7 Å². The fourth-order valence-electron chi connectivity index (χ4n) is 3.25. The van der Waals surface area contributed by atoms with E-state index < -0.39 is 22.2 Å². The maximum absolute atomic E-state index is 12.8. The van der Waals surface area contributed by atoms with Crippen molar-refractivity contribution < 1.29 is 41.0 Å². The predicted octanol–water partition coefficient (Wildman–Crippen LogP) is 3.62. The number of H-pyrrole nitrogens is 1. The van der Waals surface area contributed by atoms with E-state index >= 15 is 0 Å². The lowest BCUT2D eigenvalue weighted by Gasteiger charge is -2.14. The van der Waals surface area contributed by atoms with Gasteiger partial charge in [0.05, 0.1) is 35.9 Å². The van der Waals surface area contributed by atoms with Gasteiger partial charge in [0, 0.05) is 26.2 Å². The summed E-state index contributed by atoms with van der Waals surface area (Å²) in [6, 6.07) is 10.2. The van der Waals surface area contributed by atoms with Crippen molar-refractivity contribution >= 4 is 32.7 Å². The number of aromatic nitrogens is 4. The fourth-order valence-corrected chi connectivity index (χ4v) is 4.22. The standard InChI is InChI=1S/C21H23N5O5S.C2HF3O2/c1-4-8-30-14-6-5-7-15(9-14)31-19-11-18-17(25(2)21(27)26(18)3)10-16(19)24-32(28,29)20-12-22-13-23-20;3-2(4,5)1(6)7/h5-7,9-13,24H,4,8H2,1-3H3,(H,22,23);(H,6,7). The fraction of sp³-hybridized carbons (Fsp3) is 0.261. The van der Waals surface area contributed by atoms with Gasteiger partial charge in [-0.1, -0.05) is 13.0 Å². The zero-order valence-electron chi connectivity index (χ0n) is 20.8. The summed E-state index contributed by atoms with van der Waals surface area (Å²) >= 11 is 0. The first-order chi connectivity index (χ1) is 18.2. The molecule has 0 saturated heterocycles. The first-order valence-corrected chi connectivity index (χ1v) is 12.6. The molecule has 16 heteroatoms. The van der Waals surface area contributed by atoms with Crippen LogP contribution in [-0.2, 0) is 28.9 Å². The number of nitrogens with one attached hydrogen (secondary N) is 2. The van der Waals surface area contributed by atoms with Crippen LogP contribution in [0.25, 0.3) is 11.0 Å². The van der Waals surface area contributed by atoms with Gasteiger partial charge in [0.1, 0.15) is 11.5 Å². The van der Waals surface area contributed by atoms with Crippen LogP contribution < -0.4 is 19.9 Å². The molecule has 12 nitrogen and oxygen atoms in total. The number of carbonyl (C=O) groups is 1. The van der Waals surface area contributed by atoms with Crippen LogP contribution in [0.2, 0.25) is 0 Å². The molecule has 0 unspecified atom stereocenters. The van der Waals surface area contributed by atoms with Gasteiger partial charge in [-0.3, -0.25) is 13.9 Å². The molecule has 2 aromatic carbocycles. The number of fused-ring (bicyclic) bond motifs is 1. The minimum atomic E-state index is -5.08. The SMILES string of the molecule is CCCOc1cccc(Oc2cc3c(cc2NS(=O)(=O)c2cnc[nH]2)n(C)c(=O)n3C)c1.O=C(O)C(F)(F)F. The molecular weight excluding hydrogens is 547 g/mol. The Balaban J connectivity index is 0.000000532. The number of nitrogens with zero attached hydrogens (tertiary/aromatic N) is 3. The van der Waals surface area contributed by atoms with E-state index in [4.69, 9.17) is 19.4 Å². The Labute approximate surface area is 219 Å². The highest BCUT2D eigenvalue weighted by Gasteiger charge is 2.38. The molecule has 0 bridgehead atoms. The molecule has 3 N–H and O–H groups in total. The number of anilines is 1. The van der Waals surface area contributed by atoms with Gasteiger partial charge < -0.3 is 19.6 Å². The van der Waals surface area contributed by atoms with E-state index in [9.17, 15) is 26.4 Å². The van der Waals surface area contributed by atoms with E-state index in [0.29, 0.717) is 29.1 Å². The van der Waals surface area contributed by atoms with Crippen LogP contribution in [0.5, 0.6) is 17.2 Å². The summed E-state index contributed by atoms with van der Waals surface area (Å²) in [7, 11) is -0.698. The van der Waals surface area contributed by atoms with Gasteiger partial charge in [-0.05, 0) is 24.6 Å². The van der Waals surface area contributed by atoms with Crippen LogP contribution in [0, 0.1) is 0 Å². The van der Waals surface area contributed by atoms with E-state index in [1.54, 1.807) is 44.4 Å². The van der Waals surface area contributed by atoms with Crippen molar-refractivity contribution in [2.24, 2.45) is 14.1 Å². The van der Waals surface area contributed by atoms with Crippen LogP contribution in [-0.4, -0.2) is 51.4 Å². The van der Waals surface area contributed by atoms with Crippen molar-refractivity contribution in [3.8, 4) is 17.2 Å². The summed E-state index contributed by atoms with van der Waals surface area (Å²) in [5, 5.41) is 7.03. The van der Waals surface area contributed by atoms with Gasteiger partial charge in [0.2, 0.25) is 0 Å². The van der Waals surface area contributed by atoms with Crippen LogP contribution in [0.3, 0.4) is 0 Å². The molecule has 4 rings (SSSR count). The second-order valence-electron chi connectivity index (χ2n) is 7.99. The van der Waals surface area contributed by atoms with E-state index in [2.05, 4.69) is 14.7 Å². The third-order valence-electron chi connectivity index (χ3n) is 5.13. The molecule has 2 heterocycles. The summed E-state index contributed by atoms with van der Waals surface area (Å²) < 4.78 is 74.5. The largest absolute Gasteiger partial charge is 0.493 e. The molecule has 39 heavy (non-hydrogen) atoms. The Morgan fingerprint density at radius 3 is 2.31 bits per heavy atom. The number of aromatic amines is 1. The van der Waals surface area contributed by atoms with Crippen molar-refractivity contribution in [2.45, 2.75) is 24.5 Å². The van der Waals surface area contributed by atoms with Crippen LogP contribution in [0.15, 0.2) is 58.7 Å². The number of aryl methyl sites for hydroxylation is 2. The minimum absolute atomic E-state index is 0.0968. The Morgan fingerprint density at radius 2 is 1.74 bits per heavy atom. The molecule has 4 aromatic rings. The van der Waals surface area contributed by atoms with Crippen molar-refractivity contribution in [3.05, 3.63) is 59.4 Å². The summed E-state index contributed by atoms with van der Waals surface area (Å²) in [5.41, 5.74) is 1.07.